The van der Waals surface area contributed by atoms with Gasteiger partial charge in [-0.3, -0.25) is 0 Å². The molecule has 4 nitrogen and oxygen atoms in total. The van der Waals surface area contributed by atoms with E-state index in [1.807, 2.05) is 6.07 Å². The van der Waals surface area contributed by atoms with Crippen molar-refractivity contribution < 1.29 is 4.42 Å². The van der Waals surface area contributed by atoms with E-state index in [0.29, 0.717) is 16.1 Å². The third kappa shape index (κ3) is 1.55. The number of nitrogen functional groups attached to an aromatic ring is 1. The van der Waals surface area contributed by atoms with Gasteiger partial charge in [0.1, 0.15) is 5.76 Å². The van der Waals surface area contributed by atoms with Gasteiger partial charge in [0, 0.05) is 0 Å². The summed E-state index contributed by atoms with van der Waals surface area (Å²) in [4.78, 5) is 0. The molecule has 0 aliphatic rings. The van der Waals surface area contributed by atoms with Crippen molar-refractivity contribution in [1.29, 1.82) is 0 Å². The first kappa shape index (κ1) is 8.25. The summed E-state index contributed by atoms with van der Waals surface area (Å²) in [7, 11) is 0. The first-order valence-corrected chi connectivity index (χ1v) is 4.38. The summed E-state index contributed by atoms with van der Waals surface area (Å²) < 4.78 is 5.98. The fraction of sp³-hybridized carbons (Fsp3) is 0. The second-order valence-corrected chi connectivity index (χ2v) is 3.24. The van der Waals surface area contributed by atoms with Crippen LogP contribution in [0, 0.1) is 0 Å². The molecule has 0 saturated carbocycles. The van der Waals surface area contributed by atoms with Crippen LogP contribution in [0.15, 0.2) is 33.6 Å². The molecule has 13 heavy (non-hydrogen) atoms. The Bertz CT molecular complexity index is 427. The topological polar surface area (TPSA) is 64.9 Å². The first-order valence-electron chi connectivity index (χ1n) is 3.59. The minimum Gasteiger partial charge on any atom is -0.449 e. The Kier molecular flexibility index (Phi) is 2.02. The lowest BCUT2D eigenvalue weighted by Crippen LogP contribution is -1.91. The van der Waals surface area contributed by atoms with Crippen LogP contribution < -0.4 is 5.73 Å². The van der Waals surface area contributed by atoms with E-state index in [1.54, 1.807) is 12.3 Å². The molecule has 0 saturated heterocycles. The Hall–Kier alpha value is -1.36. The Morgan fingerprint density at radius 3 is 2.62 bits per heavy atom. The monoisotopic (exact) mass is 239 g/mol. The maximum atomic E-state index is 5.68. The molecule has 0 aliphatic carbocycles. The predicted molar refractivity (Wildman–Crippen MR) is 51.8 cm³/mol. The Morgan fingerprint density at radius 2 is 2.00 bits per heavy atom. The summed E-state index contributed by atoms with van der Waals surface area (Å²) in [5, 5.41) is 7.37. The molecule has 0 spiro atoms. The van der Waals surface area contributed by atoms with Crippen molar-refractivity contribution in [1.82, 2.24) is 10.2 Å². The van der Waals surface area contributed by atoms with E-state index >= 15 is 0 Å². The van der Waals surface area contributed by atoms with Crippen LogP contribution in [-0.2, 0) is 0 Å². The largest absolute Gasteiger partial charge is 0.449 e. The van der Waals surface area contributed by atoms with E-state index in [2.05, 4.69) is 26.1 Å². The third-order valence-electron chi connectivity index (χ3n) is 1.60. The van der Waals surface area contributed by atoms with Gasteiger partial charge < -0.3 is 10.2 Å². The normalized spacial score (nSPS) is 10.2. The molecule has 2 aromatic rings. The highest BCUT2D eigenvalue weighted by Crippen LogP contribution is 2.27. The first-order chi connectivity index (χ1) is 6.27. The Balaban J connectivity index is 2.52. The molecule has 66 valence electrons. The quantitative estimate of drug-likeness (QED) is 0.828. The number of hydrogen-bond donors (Lipinski definition) is 1. The number of anilines is 1. The van der Waals surface area contributed by atoms with Crippen molar-refractivity contribution in [2.24, 2.45) is 0 Å². The van der Waals surface area contributed by atoms with Crippen LogP contribution >= 0.6 is 15.9 Å². The third-order valence-corrected chi connectivity index (χ3v) is 2.03. The molecule has 2 rings (SSSR count). The SMILES string of the molecule is Nc1cnncc1-c1ccc(Br)o1. The highest BCUT2D eigenvalue weighted by Gasteiger charge is 2.06. The highest BCUT2D eigenvalue weighted by molar-refractivity contribution is 9.10. The molecule has 0 unspecified atom stereocenters. The second-order valence-electron chi connectivity index (χ2n) is 2.46. The average molecular weight is 240 g/mol. The lowest BCUT2D eigenvalue weighted by molar-refractivity contribution is 0.555. The molecule has 0 radical (unpaired) electrons. The number of hydrogen-bond acceptors (Lipinski definition) is 4. The van der Waals surface area contributed by atoms with Gasteiger partial charge >= 0.3 is 0 Å². The number of nitrogens with two attached hydrogens (primary N) is 1. The zero-order valence-corrected chi connectivity index (χ0v) is 8.15. The zero-order valence-electron chi connectivity index (χ0n) is 6.57. The van der Waals surface area contributed by atoms with E-state index in [-0.39, 0.29) is 0 Å². The Morgan fingerprint density at radius 1 is 1.23 bits per heavy atom. The highest BCUT2D eigenvalue weighted by atomic mass is 79.9. The summed E-state index contributed by atoms with van der Waals surface area (Å²) in [5.41, 5.74) is 6.99. The molecule has 2 N–H and O–H groups in total. The van der Waals surface area contributed by atoms with Gasteiger partial charge in [0.2, 0.25) is 0 Å². The van der Waals surface area contributed by atoms with Crippen molar-refractivity contribution in [3.63, 3.8) is 0 Å². The van der Waals surface area contributed by atoms with E-state index in [1.165, 1.54) is 6.20 Å². The van der Waals surface area contributed by atoms with Crippen LogP contribution in [0.25, 0.3) is 11.3 Å². The van der Waals surface area contributed by atoms with Crippen LogP contribution in [-0.4, -0.2) is 10.2 Å². The summed E-state index contributed by atoms with van der Waals surface area (Å²) in [6.07, 6.45) is 3.06. The van der Waals surface area contributed by atoms with Gasteiger partial charge in [0.25, 0.3) is 0 Å². The molecule has 2 heterocycles. The van der Waals surface area contributed by atoms with Gasteiger partial charge in [-0.2, -0.15) is 10.2 Å². The van der Waals surface area contributed by atoms with E-state index < -0.39 is 0 Å². The summed E-state index contributed by atoms with van der Waals surface area (Å²) in [6, 6.07) is 3.62. The van der Waals surface area contributed by atoms with Gasteiger partial charge in [-0.25, -0.2) is 0 Å². The predicted octanol–water partition coefficient (Wildman–Crippen LogP) is 2.08. The average Bonchev–Trinajstić information content (AvgIpc) is 2.53. The summed E-state index contributed by atoms with van der Waals surface area (Å²) in [5.74, 6) is 0.680. The summed E-state index contributed by atoms with van der Waals surface area (Å²) in [6.45, 7) is 0. The van der Waals surface area contributed by atoms with Crippen molar-refractivity contribution in [3.8, 4) is 11.3 Å². The van der Waals surface area contributed by atoms with Crippen LogP contribution in [0.5, 0.6) is 0 Å². The fourth-order valence-electron chi connectivity index (χ4n) is 0.996. The molecule has 2 aromatic heterocycles. The van der Waals surface area contributed by atoms with Gasteiger partial charge in [0.05, 0.1) is 23.6 Å². The lowest BCUT2D eigenvalue weighted by Gasteiger charge is -1.98. The number of rotatable bonds is 1. The summed E-state index contributed by atoms with van der Waals surface area (Å²) >= 11 is 3.21. The van der Waals surface area contributed by atoms with Crippen molar-refractivity contribution in [2.45, 2.75) is 0 Å². The minimum absolute atomic E-state index is 0.553. The lowest BCUT2D eigenvalue weighted by atomic mass is 10.2. The minimum atomic E-state index is 0.553. The van der Waals surface area contributed by atoms with Crippen molar-refractivity contribution >= 4 is 21.6 Å². The van der Waals surface area contributed by atoms with Crippen LogP contribution in [0.2, 0.25) is 0 Å². The molecular weight excluding hydrogens is 234 g/mol. The van der Waals surface area contributed by atoms with E-state index in [9.17, 15) is 0 Å². The van der Waals surface area contributed by atoms with Crippen molar-refractivity contribution in [3.05, 3.63) is 29.2 Å². The molecule has 0 aromatic carbocycles. The molecule has 0 fully saturated rings. The molecular formula is C8H6BrN3O. The van der Waals surface area contributed by atoms with Gasteiger partial charge in [-0.05, 0) is 28.1 Å². The molecule has 5 heteroatoms. The van der Waals surface area contributed by atoms with Crippen molar-refractivity contribution in [2.75, 3.05) is 5.73 Å². The molecule has 0 aliphatic heterocycles. The second kappa shape index (κ2) is 3.18. The molecule has 0 amide bonds. The molecule has 0 atom stereocenters. The van der Waals surface area contributed by atoms with Gasteiger partial charge in [0.15, 0.2) is 4.67 Å². The zero-order chi connectivity index (χ0) is 9.26. The Labute approximate surface area is 82.9 Å². The van der Waals surface area contributed by atoms with Gasteiger partial charge in [-0.1, -0.05) is 0 Å². The number of aromatic nitrogens is 2. The van der Waals surface area contributed by atoms with Crippen LogP contribution in [0.4, 0.5) is 5.69 Å². The standard InChI is InChI=1S/C8H6BrN3O/c9-8-2-1-7(13-8)5-3-11-12-4-6(5)10/h1-4H,(H2,10,11). The number of furan rings is 1. The smallest absolute Gasteiger partial charge is 0.169 e. The van der Waals surface area contributed by atoms with Crippen LogP contribution in [0.1, 0.15) is 0 Å². The van der Waals surface area contributed by atoms with E-state index in [4.69, 9.17) is 10.2 Å². The van der Waals surface area contributed by atoms with Crippen LogP contribution in [0.3, 0.4) is 0 Å². The number of nitrogens with zero attached hydrogens (tertiary/aromatic N) is 2. The maximum Gasteiger partial charge on any atom is 0.169 e. The number of halogens is 1. The van der Waals surface area contributed by atoms with Gasteiger partial charge in [-0.15, -0.1) is 0 Å². The van der Waals surface area contributed by atoms with E-state index in [0.717, 1.165) is 5.56 Å². The molecule has 0 bridgehead atoms. The fourth-order valence-corrected chi connectivity index (χ4v) is 1.30. The maximum absolute atomic E-state index is 5.68.